The lowest BCUT2D eigenvalue weighted by Gasteiger charge is -2.25. The molecule has 0 aromatic heterocycles. The molecule has 0 bridgehead atoms. The van der Waals surface area contributed by atoms with Crippen LogP contribution in [0.2, 0.25) is 0 Å². The number of nitrogens with two attached hydrogens (primary N) is 1. The van der Waals surface area contributed by atoms with Crippen molar-refractivity contribution in [2.45, 2.75) is 0 Å². The van der Waals surface area contributed by atoms with Gasteiger partial charge in [-0.2, -0.15) is 0 Å². The summed E-state index contributed by atoms with van der Waals surface area (Å²) in [5.74, 6) is 0. The van der Waals surface area contributed by atoms with Crippen LogP contribution in [0.15, 0.2) is 72.8 Å². The van der Waals surface area contributed by atoms with Gasteiger partial charge in [0.25, 0.3) is 11.4 Å². The van der Waals surface area contributed by atoms with E-state index in [0.717, 1.165) is 12.1 Å². The molecule has 0 radical (unpaired) electrons. The van der Waals surface area contributed by atoms with Crippen molar-refractivity contribution in [3.63, 3.8) is 0 Å². The van der Waals surface area contributed by atoms with Crippen LogP contribution in [0.3, 0.4) is 0 Å². The molecule has 0 spiro atoms. The first-order valence-corrected chi connectivity index (χ1v) is 7.61. The number of nitro benzene ring substituents is 2. The van der Waals surface area contributed by atoms with Crippen LogP contribution in [-0.2, 0) is 0 Å². The van der Waals surface area contributed by atoms with Gasteiger partial charge in [0.05, 0.1) is 9.85 Å². The standard InChI is InChI=1S/C18H14N4O4/c19-15-11-18(22(25)26)17(12-16(15)21(23)24)20(13-7-3-1-4-8-13)14-9-5-2-6-10-14/h1-12H,19H2. The van der Waals surface area contributed by atoms with Crippen LogP contribution in [0.4, 0.5) is 34.1 Å². The zero-order valence-electron chi connectivity index (χ0n) is 13.5. The Morgan fingerprint density at radius 3 is 1.62 bits per heavy atom. The maximum atomic E-state index is 11.6. The average molecular weight is 350 g/mol. The fourth-order valence-corrected chi connectivity index (χ4v) is 2.65. The normalized spacial score (nSPS) is 10.3. The molecule has 0 aliphatic rings. The highest BCUT2D eigenvalue weighted by atomic mass is 16.6. The van der Waals surface area contributed by atoms with Crippen LogP contribution in [0.1, 0.15) is 0 Å². The van der Waals surface area contributed by atoms with Crippen molar-refractivity contribution in [3.05, 3.63) is 93.0 Å². The smallest absolute Gasteiger partial charge is 0.295 e. The zero-order valence-corrected chi connectivity index (χ0v) is 13.5. The quantitative estimate of drug-likeness (QED) is 0.410. The van der Waals surface area contributed by atoms with Crippen molar-refractivity contribution in [1.82, 2.24) is 0 Å². The van der Waals surface area contributed by atoms with Crippen molar-refractivity contribution >= 4 is 34.1 Å². The van der Waals surface area contributed by atoms with Crippen molar-refractivity contribution < 1.29 is 9.85 Å². The third-order valence-corrected chi connectivity index (χ3v) is 3.79. The molecule has 0 saturated carbocycles. The summed E-state index contributed by atoms with van der Waals surface area (Å²) in [6, 6.07) is 20.0. The topological polar surface area (TPSA) is 116 Å². The molecule has 0 unspecified atom stereocenters. The predicted octanol–water partition coefficient (Wildman–Crippen LogP) is 4.56. The lowest BCUT2D eigenvalue weighted by atomic mass is 10.1. The Labute approximate surface area is 148 Å². The van der Waals surface area contributed by atoms with Gasteiger partial charge in [-0.15, -0.1) is 0 Å². The number of nitrogen functional groups attached to an aromatic ring is 1. The molecule has 130 valence electrons. The van der Waals surface area contributed by atoms with Crippen molar-refractivity contribution in [2.75, 3.05) is 10.6 Å². The van der Waals surface area contributed by atoms with Gasteiger partial charge in [0.2, 0.25) is 0 Å². The van der Waals surface area contributed by atoms with Gasteiger partial charge >= 0.3 is 0 Å². The molecule has 2 N–H and O–H groups in total. The number of anilines is 4. The number of hydrogen-bond acceptors (Lipinski definition) is 6. The van der Waals surface area contributed by atoms with Gasteiger partial charge in [0.1, 0.15) is 11.4 Å². The zero-order chi connectivity index (χ0) is 18.7. The lowest BCUT2D eigenvalue weighted by molar-refractivity contribution is -0.387. The molecular weight excluding hydrogens is 336 g/mol. The van der Waals surface area contributed by atoms with Crippen LogP contribution >= 0.6 is 0 Å². The van der Waals surface area contributed by atoms with Crippen LogP contribution in [-0.4, -0.2) is 9.85 Å². The highest BCUT2D eigenvalue weighted by Crippen LogP contribution is 2.43. The molecule has 3 aromatic rings. The molecule has 0 saturated heterocycles. The summed E-state index contributed by atoms with van der Waals surface area (Å²) in [6.45, 7) is 0. The predicted molar refractivity (Wildman–Crippen MR) is 98.8 cm³/mol. The van der Waals surface area contributed by atoms with E-state index in [4.69, 9.17) is 5.73 Å². The molecule has 0 heterocycles. The minimum absolute atomic E-state index is 0.0632. The van der Waals surface area contributed by atoms with E-state index in [9.17, 15) is 20.2 Å². The van der Waals surface area contributed by atoms with Gasteiger partial charge in [-0.1, -0.05) is 36.4 Å². The van der Waals surface area contributed by atoms with E-state index < -0.39 is 9.85 Å². The fourth-order valence-electron chi connectivity index (χ4n) is 2.65. The Kier molecular flexibility index (Phi) is 4.48. The molecule has 8 heteroatoms. The van der Waals surface area contributed by atoms with E-state index in [0.29, 0.717) is 11.4 Å². The van der Waals surface area contributed by atoms with Crippen molar-refractivity contribution in [3.8, 4) is 0 Å². The Bertz CT molecular complexity index is 922. The molecule has 3 rings (SSSR count). The summed E-state index contributed by atoms with van der Waals surface area (Å²) >= 11 is 0. The maximum absolute atomic E-state index is 11.6. The molecule has 0 aliphatic carbocycles. The summed E-state index contributed by atoms with van der Waals surface area (Å²) in [7, 11) is 0. The summed E-state index contributed by atoms with van der Waals surface area (Å²) in [4.78, 5) is 23.2. The van der Waals surface area contributed by atoms with Gasteiger partial charge in [-0.25, -0.2) is 0 Å². The Morgan fingerprint density at radius 2 is 1.19 bits per heavy atom. The largest absolute Gasteiger partial charge is 0.393 e. The average Bonchev–Trinajstić information content (AvgIpc) is 2.64. The lowest BCUT2D eigenvalue weighted by Crippen LogP contribution is -2.13. The van der Waals surface area contributed by atoms with Crippen molar-refractivity contribution in [1.29, 1.82) is 0 Å². The minimum atomic E-state index is -0.656. The number of benzene rings is 3. The van der Waals surface area contributed by atoms with Crippen molar-refractivity contribution in [2.24, 2.45) is 0 Å². The van der Waals surface area contributed by atoms with E-state index in [1.54, 1.807) is 53.4 Å². The summed E-state index contributed by atoms with van der Waals surface area (Å²) in [5, 5.41) is 22.9. The summed E-state index contributed by atoms with van der Waals surface area (Å²) < 4.78 is 0. The molecule has 8 nitrogen and oxygen atoms in total. The second-order valence-corrected chi connectivity index (χ2v) is 5.42. The molecule has 3 aromatic carbocycles. The number of nitro groups is 2. The van der Waals surface area contributed by atoms with Crippen LogP contribution in [0.25, 0.3) is 0 Å². The molecule has 0 atom stereocenters. The van der Waals surface area contributed by atoms with Gasteiger partial charge in [-0.3, -0.25) is 20.2 Å². The molecule has 0 aliphatic heterocycles. The Hall–Kier alpha value is -3.94. The first-order chi connectivity index (χ1) is 12.5. The fraction of sp³-hybridized carbons (Fsp3) is 0. The first-order valence-electron chi connectivity index (χ1n) is 7.61. The monoisotopic (exact) mass is 350 g/mol. The van der Waals surface area contributed by atoms with Gasteiger partial charge in [0.15, 0.2) is 0 Å². The van der Waals surface area contributed by atoms with E-state index >= 15 is 0 Å². The molecule has 26 heavy (non-hydrogen) atoms. The number of nitrogens with zero attached hydrogens (tertiary/aromatic N) is 3. The van der Waals surface area contributed by atoms with Gasteiger partial charge in [-0.05, 0) is 24.3 Å². The second kappa shape index (κ2) is 6.89. The summed E-state index contributed by atoms with van der Waals surface area (Å²) in [5.41, 5.74) is 5.99. The van der Waals surface area contributed by atoms with Crippen LogP contribution in [0, 0.1) is 20.2 Å². The van der Waals surface area contributed by atoms with E-state index in [1.165, 1.54) is 0 Å². The maximum Gasteiger partial charge on any atom is 0.295 e. The number of rotatable bonds is 5. The van der Waals surface area contributed by atoms with E-state index in [2.05, 4.69) is 0 Å². The SMILES string of the molecule is Nc1cc([N+](=O)[O-])c(N(c2ccccc2)c2ccccc2)cc1[N+](=O)[O-]. The van der Waals surface area contributed by atoms with E-state index in [-0.39, 0.29) is 22.7 Å². The van der Waals surface area contributed by atoms with Crippen LogP contribution < -0.4 is 10.6 Å². The minimum Gasteiger partial charge on any atom is -0.393 e. The van der Waals surface area contributed by atoms with Gasteiger partial charge < -0.3 is 10.6 Å². The van der Waals surface area contributed by atoms with E-state index in [1.807, 2.05) is 12.1 Å². The van der Waals surface area contributed by atoms with Gasteiger partial charge in [0, 0.05) is 23.5 Å². The molecule has 0 amide bonds. The number of hydrogen-bond donors (Lipinski definition) is 1. The molecule has 0 fully saturated rings. The second-order valence-electron chi connectivity index (χ2n) is 5.42. The number of para-hydroxylation sites is 2. The highest BCUT2D eigenvalue weighted by Gasteiger charge is 2.28. The Morgan fingerprint density at radius 1 is 0.731 bits per heavy atom. The van der Waals surface area contributed by atoms with Crippen LogP contribution in [0.5, 0.6) is 0 Å². The molecular formula is C18H14N4O4. The third-order valence-electron chi connectivity index (χ3n) is 3.79. The summed E-state index contributed by atoms with van der Waals surface area (Å²) in [6.07, 6.45) is 0. The Balaban J connectivity index is 2.32. The third kappa shape index (κ3) is 3.16. The highest BCUT2D eigenvalue weighted by molar-refractivity contribution is 5.86. The first kappa shape index (κ1) is 16.9.